The number of aromatic nitrogens is 2. The predicted octanol–water partition coefficient (Wildman–Crippen LogP) is 3.64. The first-order chi connectivity index (χ1) is 14.0. The second-order valence-electron chi connectivity index (χ2n) is 5.74. The quantitative estimate of drug-likeness (QED) is 0.627. The van der Waals surface area contributed by atoms with Crippen molar-refractivity contribution in [2.75, 3.05) is 32.0 Å². The summed E-state index contributed by atoms with van der Waals surface area (Å²) in [5.41, 5.74) is 0.717. The van der Waals surface area contributed by atoms with Crippen LogP contribution >= 0.6 is 0 Å². The van der Waals surface area contributed by atoms with Crippen LogP contribution in [0.2, 0.25) is 0 Å². The van der Waals surface area contributed by atoms with Gasteiger partial charge in [0.25, 0.3) is 5.91 Å². The second-order valence-corrected chi connectivity index (χ2v) is 5.74. The van der Waals surface area contributed by atoms with E-state index in [0.717, 1.165) is 0 Å². The highest BCUT2D eigenvalue weighted by Gasteiger charge is 2.16. The van der Waals surface area contributed by atoms with Crippen LogP contribution in [0.3, 0.4) is 0 Å². The highest BCUT2D eigenvalue weighted by molar-refractivity contribution is 6.03. The molecule has 2 aromatic carbocycles. The number of halogens is 1. The molecule has 3 aromatic rings. The molecule has 29 heavy (non-hydrogen) atoms. The van der Waals surface area contributed by atoms with E-state index in [-0.39, 0.29) is 17.3 Å². The predicted molar refractivity (Wildman–Crippen MR) is 106 cm³/mol. The van der Waals surface area contributed by atoms with Gasteiger partial charge in [0.15, 0.2) is 11.5 Å². The molecule has 0 fully saturated rings. The summed E-state index contributed by atoms with van der Waals surface area (Å²) in [6.45, 7) is 0. The van der Waals surface area contributed by atoms with Crippen molar-refractivity contribution >= 4 is 23.2 Å². The molecule has 1 amide bonds. The van der Waals surface area contributed by atoms with Gasteiger partial charge in [0, 0.05) is 24.0 Å². The average molecular weight is 398 g/mol. The number of nitrogens with zero attached hydrogens (tertiary/aromatic N) is 2. The van der Waals surface area contributed by atoms with Crippen molar-refractivity contribution in [1.29, 1.82) is 0 Å². The standard InChI is InChI=1S/C20H19FN4O4/c1-27-16-10-12(11-17(28-2)18(16)29-3)23-19(26)15-8-9-22-20(25-15)24-14-7-5-4-6-13(14)21/h4-11H,1-3H3,(H,23,26)(H,22,24,25). The molecule has 0 saturated heterocycles. The van der Waals surface area contributed by atoms with Gasteiger partial charge in [-0.05, 0) is 18.2 Å². The van der Waals surface area contributed by atoms with E-state index in [9.17, 15) is 9.18 Å². The summed E-state index contributed by atoms with van der Waals surface area (Å²) >= 11 is 0. The Bertz CT molecular complexity index is 1000. The summed E-state index contributed by atoms with van der Waals surface area (Å²) in [6.07, 6.45) is 1.40. The second kappa shape index (κ2) is 8.87. The topological polar surface area (TPSA) is 94.6 Å². The largest absolute Gasteiger partial charge is 0.493 e. The number of carbonyl (C=O) groups excluding carboxylic acids is 1. The summed E-state index contributed by atoms with van der Waals surface area (Å²) in [5.74, 6) is 0.346. The Morgan fingerprint density at radius 1 is 1.00 bits per heavy atom. The fourth-order valence-corrected chi connectivity index (χ4v) is 2.58. The molecule has 0 spiro atoms. The van der Waals surface area contributed by atoms with Crippen LogP contribution in [0, 0.1) is 5.82 Å². The lowest BCUT2D eigenvalue weighted by Gasteiger charge is -2.14. The van der Waals surface area contributed by atoms with Crippen molar-refractivity contribution in [3.05, 3.63) is 60.2 Å². The molecule has 1 heterocycles. The molecule has 0 aliphatic carbocycles. The minimum absolute atomic E-state index is 0.0904. The third kappa shape index (κ3) is 4.52. The molecule has 150 valence electrons. The maximum atomic E-state index is 13.8. The van der Waals surface area contributed by atoms with E-state index in [2.05, 4.69) is 20.6 Å². The van der Waals surface area contributed by atoms with Crippen molar-refractivity contribution in [1.82, 2.24) is 9.97 Å². The van der Waals surface area contributed by atoms with Gasteiger partial charge in [-0.15, -0.1) is 0 Å². The lowest BCUT2D eigenvalue weighted by Crippen LogP contribution is -2.15. The molecule has 0 atom stereocenters. The first-order valence-electron chi connectivity index (χ1n) is 8.51. The van der Waals surface area contributed by atoms with E-state index in [0.29, 0.717) is 22.9 Å². The summed E-state index contributed by atoms with van der Waals surface area (Å²) in [4.78, 5) is 20.8. The SMILES string of the molecule is COc1cc(NC(=O)c2ccnc(Nc3ccccc3F)n2)cc(OC)c1OC. The Labute approximate surface area is 166 Å². The summed E-state index contributed by atoms with van der Waals surface area (Å²) in [5, 5.41) is 5.46. The van der Waals surface area contributed by atoms with E-state index in [1.165, 1.54) is 39.7 Å². The zero-order valence-corrected chi connectivity index (χ0v) is 16.0. The number of carbonyl (C=O) groups is 1. The van der Waals surface area contributed by atoms with Gasteiger partial charge in [-0.3, -0.25) is 4.79 Å². The van der Waals surface area contributed by atoms with Gasteiger partial charge in [-0.2, -0.15) is 0 Å². The maximum Gasteiger partial charge on any atom is 0.274 e. The van der Waals surface area contributed by atoms with Crippen molar-refractivity contribution in [2.24, 2.45) is 0 Å². The van der Waals surface area contributed by atoms with E-state index in [4.69, 9.17) is 14.2 Å². The maximum absolute atomic E-state index is 13.8. The molecular weight excluding hydrogens is 379 g/mol. The molecule has 8 nitrogen and oxygen atoms in total. The Morgan fingerprint density at radius 3 is 2.31 bits per heavy atom. The van der Waals surface area contributed by atoms with E-state index >= 15 is 0 Å². The molecule has 0 aliphatic heterocycles. The van der Waals surface area contributed by atoms with Gasteiger partial charge in [-0.1, -0.05) is 12.1 Å². The van der Waals surface area contributed by atoms with Crippen molar-refractivity contribution in [3.8, 4) is 17.2 Å². The third-order valence-corrected chi connectivity index (χ3v) is 3.93. The Kier molecular flexibility index (Phi) is 6.08. The molecular formula is C20H19FN4O4. The van der Waals surface area contributed by atoms with Crippen molar-refractivity contribution in [2.45, 2.75) is 0 Å². The Hall–Kier alpha value is -3.88. The molecule has 2 N–H and O–H groups in total. The molecule has 0 unspecified atom stereocenters. The fourth-order valence-electron chi connectivity index (χ4n) is 2.58. The first kappa shape index (κ1) is 19.9. The number of hydrogen-bond acceptors (Lipinski definition) is 7. The molecule has 0 radical (unpaired) electrons. The number of anilines is 3. The lowest BCUT2D eigenvalue weighted by molar-refractivity contribution is 0.102. The van der Waals surface area contributed by atoms with E-state index in [1.54, 1.807) is 30.3 Å². The number of benzene rings is 2. The van der Waals surface area contributed by atoms with Crippen LogP contribution in [0.15, 0.2) is 48.7 Å². The number of hydrogen-bond donors (Lipinski definition) is 2. The third-order valence-electron chi connectivity index (χ3n) is 3.93. The van der Waals surface area contributed by atoms with Crippen LogP contribution in [0.4, 0.5) is 21.7 Å². The number of ether oxygens (including phenoxy) is 3. The van der Waals surface area contributed by atoms with Gasteiger partial charge < -0.3 is 24.8 Å². The van der Waals surface area contributed by atoms with Gasteiger partial charge in [0.05, 0.1) is 27.0 Å². The zero-order chi connectivity index (χ0) is 20.8. The summed E-state index contributed by atoms with van der Waals surface area (Å²) in [7, 11) is 4.45. The lowest BCUT2D eigenvalue weighted by atomic mass is 10.2. The fraction of sp³-hybridized carbons (Fsp3) is 0.150. The number of rotatable bonds is 7. The summed E-state index contributed by atoms with van der Waals surface area (Å²) < 4.78 is 29.6. The van der Waals surface area contributed by atoms with Crippen LogP contribution in [0.1, 0.15) is 10.5 Å². The highest BCUT2D eigenvalue weighted by atomic mass is 19.1. The van der Waals surface area contributed by atoms with Gasteiger partial charge in [0.2, 0.25) is 11.7 Å². The Balaban J connectivity index is 1.82. The van der Waals surface area contributed by atoms with Crippen LogP contribution in [-0.4, -0.2) is 37.2 Å². The smallest absolute Gasteiger partial charge is 0.274 e. The monoisotopic (exact) mass is 398 g/mol. The number of amides is 1. The van der Waals surface area contributed by atoms with Crippen LogP contribution in [0.5, 0.6) is 17.2 Å². The molecule has 0 aliphatic rings. The number of methoxy groups -OCH3 is 3. The molecule has 1 aromatic heterocycles. The van der Waals surface area contributed by atoms with Crippen LogP contribution in [-0.2, 0) is 0 Å². The number of para-hydroxylation sites is 1. The Morgan fingerprint density at radius 2 is 1.69 bits per heavy atom. The zero-order valence-electron chi connectivity index (χ0n) is 16.0. The minimum atomic E-state index is -0.488. The van der Waals surface area contributed by atoms with Gasteiger partial charge in [0.1, 0.15) is 11.5 Å². The van der Waals surface area contributed by atoms with Crippen LogP contribution in [0.25, 0.3) is 0 Å². The highest BCUT2D eigenvalue weighted by Crippen LogP contribution is 2.40. The van der Waals surface area contributed by atoms with Gasteiger partial charge in [-0.25, -0.2) is 14.4 Å². The average Bonchev–Trinajstić information content (AvgIpc) is 2.74. The molecule has 0 bridgehead atoms. The minimum Gasteiger partial charge on any atom is -0.493 e. The molecule has 0 saturated carbocycles. The molecule has 3 rings (SSSR count). The number of nitrogens with one attached hydrogen (secondary N) is 2. The van der Waals surface area contributed by atoms with E-state index < -0.39 is 11.7 Å². The first-order valence-corrected chi connectivity index (χ1v) is 8.51. The van der Waals surface area contributed by atoms with E-state index in [1.807, 2.05) is 0 Å². The summed E-state index contributed by atoms with van der Waals surface area (Å²) in [6, 6.07) is 10.7. The van der Waals surface area contributed by atoms with Crippen molar-refractivity contribution < 1.29 is 23.4 Å². The van der Waals surface area contributed by atoms with Crippen LogP contribution < -0.4 is 24.8 Å². The molecule has 9 heteroatoms. The van der Waals surface area contributed by atoms with Gasteiger partial charge >= 0.3 is 0 Å². The van der Waals surface area contributed by atoms with Crippen molar-refractivity contribution in [3.63, 3.8) is 0 Å². The normalized spacial score (nSPS) is 10.2.